The van der Waals surface area contributed by atoms with Crippen molar-refractivity contribution in [2.24, 2.45) is 0 Å². The molecule has 0 bridgehead atoms. The third kappa shape index (κ3) is 2.59. The maximum Gasteiger partial charge on any atom is 0.261 e. The first-order valence-electron chi connectivity index (χ1n) is 7.37. The molecule has 23 heavy (non-hydrogen) atoms. The number of H-pyrrole nitrogens is 1. The topological polar surface area (TPSA) is 71.4 Å². The van der Waals surface area contributed by atoms with Gasteiger partial charge < -0.3 is 14.1 Å². The molecule has 6 nitrogen and oxygen atoms in total. The zero-order valence-electron chi connectivity index (χ0n) is 12.4. The summed E-state index contributed by atoms with van der Waals surface area (Å²) in [4.78, 5) is 14.1. The standard InChI is InChI=1S/C17H15N3O3/c21-16(11-23-12-5-2-1-3-6-12)20-9-13-14(10-20)18-19-17(13)15-7-4-8-22-15/h1-8H,9-11H2,(H,18,19). The van der Waals surface area contributed by atoms with Crippen LogP contribution >= 0.6 is 0 Å². The van der Waals surface area contributed by atoms with Crippen LogP contribution in [-0.2, 0) is 17.9 Å². The molecule has 0 aliphatic carbocycles. The van der Waals surface area contributed by atoms with Gasteiger partial charge in [0.1, 0.15) is 11.4 Å². The molecule has 1 aliphatic rings. The number of carbonyl (C=O) groups is 1. The Morgan fingerprint density at radius 1 is 1.22 bits per heavy atom. The molecule has 2 aromatic heterocycles. The third-order valence-corrected chi connectivity index (χ3v) is 3.86. The number of para-hydroxylation sites is 1. The molecule has 0 saturated heterocycles. The molecular formula is C17H15N3O3. The van der Waals surface area contributed by atoms with Gasteiger partial charge in [0.05, 0.1) is 25.0 Å². The van der Waals surface area contributed by atoms with Crippen LogP contribution in [0.1, 0.15) is 11.3 Å². The number of hydrogen-bond acceptors (Lipinski definition) is 4. The number of benzene rings is 1. The second-order valence-corrected chi connectivity index (χ2v) is 5.36. The lowest BCUT2D eigenvalue weighted by atomic mass is 10.2. The van der Waals surface area contributed by atoms with Gasteiger partial charge in [-0.05, 0) is 24.3 Å². The van der Waals surface area contributed by atoms with Crippen LogP contribution in [0.5, 0.6) is 5.75 Å². The first kappa shape index (κ1) is 13.6. The zero-order chi connectivity index (χ0) is 15.6. The molecule has 0 radical (unpaired) electrons. The van der Waals surface area contributed by atoms with Gasteiger partial charge in [0, 0.05) is 5.56 Å². The molecule has 1 N–H and O–H groups in total. The lowest BCUT2D eigenvalue weighted by molar-refractivity contribution is -0.134. The highest BCUT2D eigenvalue weighted by molar-refractivity contribution is 5.79. The lowest BCUT2D eigenvalue weighted by Gasteiger charge is -2.16. The Balaban J connectivity index is 1.43. The minimum Gasteiger partial charge on any atom is -0.484 e. The molecular weight excluding hydrogens is 294 g/mol. The van der Waals surface area contributed by atoms with Crippen LogP contribution in [0.25, 0.3) is 11.5 Å². The van der Waals surface area contributed by atoms with E-state index in [1.807, 2.05) is 42.5 Å². The van der Waals surface area contributed by atoms with Crippen molar-refractivity contribution in [1.29, 1.82) is 0 Å². The number of nitrogens with one attached hydrogen (secondary N) is 1. The zero-order valence-corrected chi connectivity index (χ0v) is 12.4. The molecule has 0 atom stereocenters. The number of ether oxygens (including phenoxy) is 1. The summed E-state index contributed by atoms with van der Waals surface area (Å²) in [5, 5.41) is 7.27. The highest BCUT2D eigenvalue weighted by Gasteiger charge is 2.29. The fraction of sp³-hybridized carbons (Fsp3) is 0.176. The highest BCUT2D eigenvalue weighted by Crippen LogP contribution is 2.30. The first-order chi connectivity index (χ1) is 11.3. The van der Waals surface area contributed by atoms with Gasteiger partial charge in [-0.3, -0.25) is 9.89 Å². The highest BCUT2D eigenvalue weighted by atomic mass is 16.5. The number of furan rings is 1. The van der Waals surface area contributed by atoms with Crippen LogP contribution in [0, 0.1) is 0 Å². The molecule has 0 unspecified atom stereocenters. The van der Waals surface area contributed by atoms with Gasteiger partial charge >= 0.3 is 0 Å². The van der Waals surface area contributed by atoms with Crippen molar-refractivity contribution in [1.82, 2.24) is 15.1 Å². The quantitative estimate of drug-likeness (QED) is 0.804. The summed E-state index contributed by atoms with van der Waals surface area (Å²) >= 11 is 0. The first-order valence-corrected chi connectivity index (χ1v) is 7.37. The number of carbonyl (C=O) groups excluding carboxylic acids is 1. The largest absolute Gasteiger partial charge is 0.484 e. The summed E-state index contributed by atoms with van der Waals surface area (Å²) in [6, 6.07) is 13.0. The average molecular weight is 309 g/mol. The Kier molecular flexibility index (Phi) is 3.34. The molecule has 1 amide bonds. The van der Waals surface area contributed by atoms with E-state index in [0.29, 0.717) is 24.6 Å². The fourth-order valence-corrected chi connectivity index (χ4v) is 2.69. The molecule has 0 saturated carbocycles. The van der Waals surface area contributed by atoms with Gasteiger partial charge in [-0.2, -0.15) is 5.10 Å². The van der Waals surface area contributed by atoms with E-state index >= 15 is 0 Å². The Bertz CT molecular complexity index is 809. The summed E-state index contributed by atoms with van der Waals surface area (Å²) in [7, 11) is 0. The maximum atomic E-state index is 12.3. The molecule has 1 aromatic carbocycles. The predicted molar refractivity (Wildman–Crippen MR) is 82.5 cm³/mol. The van der Waals surface area contributed by atoms with Gasteiger partial charge in [-0.15, -0.1) is 0 Å². The molecule has 3 heterocycles. The maximum absolute atomic E-state index is 12.3. The van der Waals surface area contributed by atoms with Gasteiger partial charge in [-0.25, -0.2) is 0 Å². The molecule has 6 heteroatoms. The SMILES string of the molecule is O=C(COc1ccccc1)N1Cc2[nH]nc(-c3ccco3)c2C1. The molecule has 1 aliphatic heterocycles. The molecule has 116 valence electrons. The number of fused-ring (bicyclic) bond motifs is 1. The van der Waals surface area contributed by atoms with Crippen molar-refractivity contribution in [2.45, 2.75) is 13.1 Å². The van der Waals surface area contributed by atoms with Gasteiger partial charge in [0.2, 0.25) is 0 Å². The van der Waals surface area contributed by atoms with Crippen LogP contribution < -0.4 is 4.74 Å². The summed E-state index contributed by atoms with van der Waals surface area (Å²) in [6.45, 7) is 1.05. The summed E-state index contributed by atoms with van der Waals surface area (Å²) in [5.41, 5.74) is 2.72. The summed E-state index contributed by atoms with van der Waals surface area (Å²) in [6.07, 6.45) is 1.61. The van der Waals surface area contributed by atoms with Crippen LogP contribution in [0.3, 0.4) is 0 Å². The normalized spacial score (nSPS) is 13.1. The second kappa shape index (κ2) is 5.64. The lowest BCUT2D eigenvalue weighted by Crippen LogP contribution is -2.30. The summed E-state index contributed by atoms with van der Waals surface area (Å²) in [5.74, 6) is 1.35. The predicted octanol–water partition coefficient (Wildman–Crippen LogP) is 2.59. The van der Waals surface area contributed by atoms with Crippen molar-refractivity contribution in [3.63, 3.8) is 0 Å². The monoisotopic (exact) mass is 309 g/mol. The van der Waals surface area contributed by atoms with E-state index in [9.17, 15) is 4.79 Å². The number of hydrogen-bond donors (Lipinski definition) is 1. The van der Waals surface area contributed by atoms with Crippen LogP contribution in [0.2, 0.25) is 0 Å². The van der Waals surface area contributed by atoms with Crippen molar-refractivity contribution in [3.05, 3.63) is 60.0 Å². The molecule has 3 aromatic rings. The average Bonchev–Trinajstić information content (AvgIpc) is 3.29. The Morgan fingerprint density at radius 3 is 2.87 bits per heavy atom. The van der Waals surface area contributed by atoms with Crippen molar-refractivity contribution in [3.8, 4) is 17.2 Å². The van der Waals surface area contributed by atoms with E-state index < -0.39 is 0 Å². The van der Waals surface area contributed by atoms with Crippen LogP contribution in [-0.4, -0.2) is 27.6 Å². The van der Waals surface area contributed by atoms with E-state index in [1.54, 1.807) is 11.2 Å². The van der Waals surface area contributed by atoms with E-state index in [-0.39, 0.29) is 12.5 Å². The molecule has 4 rings (SSSR count). The number of rotatable bonds is 4. The summed E-state index contributed by atoms with van der Waals surface area (Å²) < 4.78 is 10.9. The number of amides is 1. The van der Waals surface area contributed by atoms with E-state index in [2.05, 4.69) is 10.2 Å². The Labute approximate surface area is 132 Å². The Morgan fingerprint density at radius 2 is 2.09 bits per heavy atom. The van der Waals surface area contributed by atoms with E-state index in [1.165, 1.54) is 0 Å². The van der Waals surface area contributed by atoms with Gasteiger partial charge in [0.15, 0.2) is 12.4 Å². The Hall–Kier alpha value is -3.02. The number of aromatic nitrogens is 2. The van der Waals surface area contributed by atoms with Gasteiger partial charge in [-0.1, -0.05) is 18.2 Å². The molecule has 0 fully saturated rings. The smallest absolute Gasteiger partial charge is 0.261 e. The van der Waals surface area contributed by atoms with Crippen molar-refractivity contribution >= 4 is 5.91 Å². The third-order valence-electron chi connectivity index (χ3n) is 3.86. The second-order valence-electron chi connectivity index (χ2n) is 5.36. The number of nitrogens with zero attached hydrogens (tertiary/aromatic N) is 2. The van der Waals surface area contributed by atoms with E-state index in [0.717, 1.165) is 17.0 Å². The van der Waals surface area contributed by atoms with E-state index in [4.69, 9.17) is 9.15 Å². The van der Waals surface area contributed by atoms with Crippen LogP contribution in [0.15, 0.2) is 53.1 Å². The van der Waals surface area contributed by atoms with Crippen molar-refractivity contribution in [2.75, 3.05) is 6.61 Å². The van der Waals surface area contributed by atoms with Gasteiger partial charge in [0.25, 0.3) is 5.91 Å². The number of aromatic amines is 1. The van der Waals surface area contributed by atoms with Crippen molar-refractivity contribution < 1.29 is 13.9 Å². The minimum atomic E-state index is -0.0520. The fourth-order valence-electron chi connectivity index (χ4n) is 2.69. The van der Waals surface area contributed by atoms with Crippen LogP contribution in [0.4, 0.5) is 0 Å². The minimum absolute atomic E-state index is 0.0256. The molecule has 0 spiro atoms.